The molecule has 0 aliphatic heterocycles. The quantitative estimate of drug-likeness (QED) is 0.700. The van der Waals surface area contributed by atoms with Crippen LogP contribution in [0.2, 0.25) is 0 Å². The van der Waals surface area contributed by atoms with Crippen LogP contribution < -0.4 is 0 Å². The molecule has 0 saturated carbocycles. The molecule has 0 N–H and O–H groups in total. The van der Waals surface area contributed by atoms with E-state index in [4.69, 9.17) is 0 Å². The first-order valence-corrected chi connectivity index (χ1v) is 5.77. The van der Waals surface area contributed by atoms with Gasteiger partial charge in [-0.05, 0) is 23.8 Å². The van der Waals surface area contributed by atoms with Gasteiger partial charge in [0.2, 0.25) is 0 Å². The largest absolute Gasteiger partial charge is 0.285 e. The van der Waals surface area contributed by atoms with Gasteiger partial charge in [0.25, 0.3) is 0 Å². The third kappa shape index (κ3) is 2.13. The average molecular weight is 236 g/mol. The lowest BCUT2D eigenvalue weighted by molar-refractivity contribution is 0.902. The molecule has 0 spiro atoms. The van der Waals surface area contributed by atoms with Gasteiger partial charge in [-0.3, -0.25) is 9.55 Å². The fourth-order valence-electron chi connectivity index (χ4n) is 1.87. The topological polar surface area (TPSA) is 43.6 Å². The summed E-state index contributed by atoms with van der Waals surface area (Å²) < 4.78 is 1.99. The Hall–Kier alpha value is -2.49. The molecule has 0 saturated heterocycles. The van der Waals surface area contributed by atoms with Crippen LogP contribution >= 0.6 is 0 Å². The minimum absolute atomic E-state index is 0.725. The zero-order valence-electron chi connectivity index (χ0n) is 9.77. The first-order valence-electron chi connectivity index (χ1n) is 5.77. The maximum atomic E-state index is 4.17. The zero-order chi connectivity index (χ0) is 12.2. The van der Waals surface area contributed by atoms with E-state index in [9.17, 15) is 0 Å². The van der Waals surface area contributed by atoms with E-state index in [0.717, 1.165) is 23.5 Å². The summed E-state index contributed by atoms with van der Waals surface area (Å²) in [7, 11) is 0. The Kier molecular flexibility index (Phi) is 2.84. The van der Waals surface area contributed by atoms with E-state index in [0.29, 0.717) is 0 Å². The van der Waals surface area contributed by atoms with Gasteiger partial charge in [0.15, 0.2) is 0 Å². The number of aromatic nitrogens is 4. The van der Waals surface area contributed by atoms with Crippen LogP contribution in [0.25, 0.3) is 5.69 Å². The Morgan fingerprint density at radius 2 is 1.89 bits per heavy atom. The van der Waals surface area contributed by atoms with Gasteiger partial charge in [0, 0.05) is 24.5 Å². The molecule has 0 atom stereocenters. The second-order valence-electron chi connectivity index (χ2n) is 3.99. The lowest BCUT2D eigenvalue weighted by atomic mass is 10.2. The van der Waals surface area contributed by atoms with Gasteiger partial charge in [-0.2, -0.15) is 0 Å². The van der Waals surface area contributed by atoms with Gasteiger partial charge in [0.1, 0.15) is 12.2 Å². The molecule has 88 valence electrons. The summed E-state index contributed by atoms with van der Waals surface area (Å²) in [6.07, 6.45) is 6.08. The summed E-state index contributed by atoms with van der Waals surface area (Å²) in [5.41, 5.74) is 2.20. The molecule has 2 heterocycles. The van der Waals surface area contributed by atoms with Crippen molar-refractivity contribution in [2.75, 3.05) is 0 Å². The molecule has 1 aromatic carbocycles. The van der Waals surface area contributed by atoms with Gasteiger partial charge in [-0.15, -0.1) is 10.2 Å². The van der Waals surface area contributed by atoms with E-state index in [1.165, 1.54) is 0 Å². The van der Waals surface area contributed by atoms with Crippen LogP contribution in [0.15, 0.2) is 61.2 Å². The summed E-state index contributed by atoms with van der Waals surface area (Å²) in [5.74, 6) is 0.911. The molecule has 0 fully saturated rings. The second-order valence-corrected chi connectivity index (χ2v) is 3.99. The highest BCUT2D eigenvalue weighted by molar-refractivity contribution is 5.32. The Bertz CT molecular complexity index is 617. The molecule has 0 amide bonds. The minimum Gasteiger partial charge on any atom is -0.285 e. The highest BCUT2D eigenvalue weighted by Gasteiger charge is 2.06. The SMILES string of the molecule is c1ccc(-n2cnnc2Cc2cccnc2)cc1. The van der Waals surface area contributed by atoms with Crippen molar-refractivity contribution < 1.29 is 0 Å². The molecule has 0 bridgehead atoms. The number of hydrogen-bond donors (Lipinski definition) is 0. The van der Waals surface area contributed by atoms with Crippen LogP contribution in [0.4, 0.5) is 0 Å². The molecule has 18 heavy (non-hydrogen) atoms. The monoisotopic (exact) mass is 236 g/mol. The highest BCUT2D eigenvalue weighted by Crippen LogP contribution is 2.12. The molecule has 2 aromatic heterocycles. The van der Waals surface area contributed by atoms with Gasteiger partial charge in [-0.25, -0.2) is 0 Å². The third-order valence-corrected chi connectivity index (χ3v) is 2.74. The molecule has 3 aromatic rings. The Morgan fingerprint density at radius 1 is 1.00 bits per heavy atom. The second kappa shape index (κ2) is 4.79. The normalized spacial score (nSPS) is 10.4. The molecule has 0 aliphatic carbocycles. The van der Waals surface area contributed by atoms with Crippen LogP contribution in [0, 0.1) is 0 Å². The lowest BCUT2D eigenvalue weighted by Gasteiger charge is -2.05. The van der Waals surface area contributed by atoms with Crippen LogP contribution in [-0.2, 0) is 6.42 Å². The van der Waals surface area contributed by atoms with Crippen molar-refractivity contribution in [2.45, 2.75) is 6.42 Å². The number of hydrogen-bond acceptors (Lipinski definition) is 3. The smallest absolute Gasteiger partial charge is 0.141 e. The van der Waals surface area contributed by atoms with Crippen molar-refractivity contribution in [1.82, 2.24) is 19.7 Å². The van der Waals surface area contributed by atoms with E-state index in [1.54, 1.807) is 12.5 Å². The van der Waals surface area contributed by atoms with E-state index in [-0.39, 0.29) is 0 Å². The van der Waals surface area contributed by atoms with E-state index in [1.807, 2.05) is 53.2 Å². The van der Waals surface area contributed by atoms with Gasteiger partial charge >= 0.3 is 0 Å². The summed E-state index contributed by atoms with van der Waals surface area (Å²) >= 11 is 0. The lowest BCUT2D eigenvalue weighted by Crippen LogP contribution is -2.01. The van der Waals surface area contributed by atoms with Crippen molar-refractivity contribution in [3.05, 3.63) is 72.6 Å². The zero-order valence-corrected chi connectivity index (χ0v) is 9.77. The summed E-state index contributed by atoms with van der Waals surface area (Å²) in [4.78, 5) is 4.11. The van der Waals surface area contributed by atoms with E-state index < -0.39 is 0 Å². The first-order chi connectivity index (χ1) is 8.93. The molecule has 0 aliphatic rings. The van der Waals surface area contributed by atoms with Crippen molar-refractivity contribution in [3.8, 4) is 5.69 Å². The summed E-state index contributed by atoms with van der Waals surface area (Å²) in [5, 5.41) is 8.16. The third-order valence-electron chi connectivity index (χ3n) is 2.74. The standard InChI is InChI=1S/C14H12N4/c1-2-6-13(7-3-1)18-11-16-17-14(18)9-12-5-4-8-15-10-12/h1-8,10-11H,9H2. The summed E-state index contributed by atoms with van der Waals surface area (Å²) in [6.45, 7) is 0. The predicted molar refractivity (Wildman–Crippen MR) is 68.4 cm³/mol. The van der Waals surface area contributed by atoms with Crippen LogP contribution in [0.5, 0.6) is 0 Å². The minimum atomic E-state index is 0.725. The molecule has 3 rings (SSSR count). The molecule has 0 radical (unpaired) electrons. The maximum Gasteiger partial charge on any atom is 0.141 e. The number of nitrogens with zero attached hydrogens (tertiary/aromatic N) is 4. The van der Waals surface area contributed by atoms with Gasteiger partial charge in [0.05, 0.1) is 0 Å². The Morgan fingerprint density at radius 3 is 2.67 bits per heavy atom. The van der Waals surface area contributed by atoms with Crippen molar-refractivity contribution in [1.29, 1.82) is 0 Å². The number of benzene rings is 1. The average Bonchev–Trinajstić information content (AvgIpc) is 2.89. The molecule has 0 unspecified atom stereocenters. The molecular weight excluding hydrogens is 224 g/mol. The van der Waals surface area contributed by atoms with Crippen LogP contribution in [-0.4, -0.2) is 19.7 Å². The fourth-order valence-corrected chi connectivity index (χ4v) is 1.87. The van der Waals surface area contributed by atoms with Crippen molar-refractivity contribution >= 4 is 0 Å². The van der Waals surface area contributed by atoms with Crippen LogP contribution in [0.3, 0.4) is 0 Å². The fraction of sp³-hybridized carbons (Fsp3) is 0.0714. The Balaban J connectivity index is 1.93. The molecule has 4 nitrogen and oxygen atoms in total. The van der Waals surface area contributed by atoms with Crippen LogP contribution in [0.1, 0.15) is 11.4 Å². The Labute approximate surface area is 105 Å². The molecule has 4 heteroatoms. The predicted octanol–water partition coefficient (Wildman–Crippen LogP) is 2.25. The van der Waals surface area contributed by atoms with Gasteiger partial charge < -0.3 is 0 Å². The van der Waals surface area contributed by atoms with E-state index >= 15 is 0 Å². The first kappa shape index (κ1) is 10.7. The molecular formula is C14H12N4. The summed E-state index contributed by atoms with van der Waals surface area (Å²) in [6, 6.07) is 14.0. The van der Waals surface area contributed by atoms with Gasteiger partial charge in [-0.1, -0.05) is 24.3 Å². The number of pyridine rings is 1. The number of para-hydroxylation sites is 1. The van der Waals surface area contributed by atoms with Crippen molar-refractivity contribution in [2.24, 2.45) is 0 Å². The van der Waals surface area contributed by atoms with Crippen molar-refractivity contribution in [3.63, 3.8) is 0 Å². The maximum absolute atomic E-state index is 4.17. The van der Waals surface area contributed by atoms with E-state index in [2.05, 4.69) is 15.2 Å². The highest BCUT2D eigenvalue weighted by atomic mass is 15.3. The number of rotatable bonds is 3.